The summed E-state index contributed by atoms with van der Waals surface area (Å²) in [5.74, 6) is 0.540. The Morgan fingerprint density at radius 2 is 1.68 bits per heavy atom. The van der Waals surface area contributed by atoms with Gasteiger partial charge in [-0.25, -0.2) is 9.80 Å². The summed E-state index contributed by atoms with van der Waals surface area (Å²) in [4.78, 5) is 30.1. The first kappa shape index (κ1) is 19.5. The fourth-order valence-electron chi connectivity index (χ4n) is 3.81. The fourth-order valence-corrected chi connectivity index (χ4v) is 4.07. The molecule has 156 valence electrons. The zero-order chi connectivity index (χ0) is 21.7. The molecular weight excluding hydrogens is 460 g/mol. The van der Waals surface area contributed by atoms with Gasteiger partial charge in [-0.05, 0) is 23.3 Å². The molecule has 31 heavy (non-hydrogen) atoms. The lowest BCUT2D eigenvalue weighted by Crippen LogP contribution is -2.38. The van der Waals surface area contributed by atoms with E-state index < -0.39 is 5.69 Å². The molecule has 0 aliphatic carbocycles. The van der Waals surface area contributed by atoms with Crippen LogP contribution in [0.5, 0.6) is 0 Å². The number of aryl methyl sites for hydroxylation is 1. The minimum atomic E-state index is -0.406. The molecule has 0 spiro atoms. The number of halogens is 1. The Bertz CT molecular complexity index is 1450. The summed E-state index contributed by atoms with van der Waals surface area (Å²) in [5.41, 5.74) is 2.80. The zero-order valence-corrected chi connectivity index (χ0v) is 18.6. The third-order valence-electron chi connectivity index (χ3n) is 5.46. The molecule has 0 saturated carbocycles. The molecule has 0 unspecified atom stereocenters. The van der Waals surface area contributed by atoms with Crippen LogP contribution in [-0.2, 0) is 27.2 Å². The van der Waals surface area contributed by atoms with Gasteiger partial charge in [0, 0.05) is 18.6 Å². The lowest BCUT2D eigenvalue weighted by Gasteiger charge is -2.26. The Morgan fingerprint density at radius 1 is 0.968 bits per heavy atom. The van der Waals surface area contributed by atoms with E-state index in [-0.39, 0.29) is 5.56 Å². The van der Waals surface area contributed by atoms with Gasteiger partial charge in [0.25, 0.3) is 5.56 Å². The van der Waals surface area contributed by atoms with Crippen LogP contribution in [-0.4, -0.2) is 24.4 Å². The number of anilines is 1. The highest BCUT2D eigenvalue weighted by molar-refractivity contribution is 9.10. The number of aromatic nitrogens is 4. The second kappa shape index (κ2) is 7.35. The standard InChI is InChI=1S/C22H19BrN6O2/c1-26-19-18(20(30)27(2)22(26)31)28-13-17(15-8-10-16(23)11-9-15)25-29(21(28)24-19)12-14-6-4-3-5-7-14/h3-11H,12-13H2,1-2H3. The zero-order valence-electron chi connectivity index (χ0n) is 17.0. The number of benzene rings is 2. The Hall–Kier alpha value is -3.46. The van der Waals surface area contributed by atoms with Crippen molar-refractivity contribution in [2.45, 2.75) is 13.1 Å². The predicted molar refractivity (Wildman–Crippen MR) is 124 cm³/mol. The topological polar surface area (TPSA) is 77.4 Å². The van der Waals surface area contributed by atoms with Crippen molar-refractivity contribution >= 4 is 38.8 Å². The normalized spacial score (nSPS) is 13.4. The van der Waals surface area contributed by atoms with Gasteiger partial charge >= 0.3 is 5.69 Å². The molecule has 0 amide bonds. The lowest BCUT2D eigenvalue weighted by atomic mass is 10.1. The van der Waals surface area contributed by atoms with E-state index in [0.29, 0.717) is 30.2 Å². The molecule has 0 N–H and O–H groups in total. The molecule has 5 rings (SSSR count). The molecule has 8 nitrogen and oxygen atoms in total. The van der Waals surface area contributed by atoms with Gasteiger partial charge in [-0.3, -0.25) is 18.5 Å². The second-order valence-electron chi connectivity index (χ2n) is 7.47. The SMILES string of the molecule is Cn1c(=O)c2c(nc3n2CC(c2ccc(Br)cc2)=NN3Cc2ccccc2)n(C)c1=O. The van der Waals surface area contributed by atoms with E-state index in [9.17, 15) is 9.59 Å². The quantitative estimate of drug-likeness (QED) is 0.453. The van der Waals surface area contributed by atoms with Crippen molar-refractivity contribution in [3.8, 4) is 0 Å². The van der Waals surface area contributed by atoms with E-state index in [4.69, 9.17) is 5.10 Å². The van der Waals surface area contributed by atoms with Crippen molar-refractivity contribution in [3.05, 3.63) is 91.0 Å². The maximum Gasteiger partial charge on any atom is 0.332 e. The Labute approximate surface area is 185 Å². The molecule has 3 heterocycles. The van der Waals surface area contributed by atoms with Crippen molar-refractivity contribution < 1.29 is 0 Å². The number of rotatable bonds is 3. The summed E-state index contributed by atoms with van der Waals surface area (Å²) in [7, 11) is 3.11. The Morgan fingerprint density at radius 3 is 2.39 bits per heavy atom. The molecule has 2 aromatic carbocycles. The van der Waals surface area contributed by atoms with Gasteiger partial charge in [0.2, 0.25) is 5.95 Å². The van der Waals surface area contributed by atoms with Crippen LogP contribution in [0.1, 0.15) is 11.1 Å². The maximum atomic E-state index is 13.0. The number of hydrazone groups is 1. The number of fused-ring (bicyclic) bond motifs is 3. The highest BCUT2D eigenvalue weighted by atomic mass is 79.9. The molecule has 0 bridgehead atoms. The molecule has 9 heteroatoms. The summed E-state index contributed by atoms with van der Waals surface area (Å²) in [6.07, 6.45) is 0. The fraction of sp³-hybridized carbons (Fsp3) is 0.182. The smallest absolute Gasteiger partial charge is 0.297 e. The summed E-state index contributed by atoms with van der Waals surface area (Å²) in [6.45, 7) is 0.866. The number of hydrogen-bond acceptors (Lipinski definition) is 5. The first-order chi connectivity index (χ1) is 14.9. The molecule has 4 aromatic rings. The van der Waals surface area contributed by atoms with Gasteiger partial charge < -0.3 is 0 Å². The summed E-state index contributed by atoms with van der Waals surface area (Å²) in [6, 6.07) is 17.8. The average molecular weight is 479 g/mol. The van der Waals surface area contributed by atoms with Crippen LogP contribution in [0, 0.1) is 0 Å². The number of imidazole rings is 1. The number of hydrogen-bond donors (Lipinski definition) is 0. The molecule has 1 aliphatic rings. The molecule has 0 atom stereocenters. The summed E-state index contributed by atoms with van der Waals surface area (Å²) < 4.78 is 5.35. The third kappa shape index (κ3) is 3.21. The van der Waals surface area contributed by atoms with Crippen LogP contribution in [0.4, 0.5) is 5.95 Å². The Kier molecular flexibility index (Phi) is 4.62. The third-order valence-corrected chi connectivity index (χ3v) is 5.99. The van der Waals surface area contributed by atoms with Crippen molar-refractivity contribution in [2.24, 2.45) is 19.2 Å². The van der Waals surface area contributed by atoms with Crippen LogP contribution in [0.2, 0.25) is 0 Å². The highest BCUT2D eigenvalue weighted by Crippen LogP contribution is 2.27. The van der Waals surface area contributed by atoms with Crippen molar-refractivity contribution in [2.75, 3.05) is 5.01 Å². The van der Waals surface area contributed by atoms with Crippen molar-refractivity contribution in [1.82, 2.24) is 18.7 Å². The monoisotopic (exact) mass is 478 g/mol. The molecule has 0 fully saturated rings. The molecular formula is C22H19BrN6O2. The van der Waals surface area contributed by atoms with Crippen LogP contribution in [0.15, 0.2) is 73.8 Å². The second-order valence-corrected chi connectivity index (χ2v) is 8.39. The van der Waals surface area contributed by atoms with Crippen LogP contribution in [0.3, 0.4) is 0 Å². The predicted octanol–water partition coefficient (Wildman–Crippen LogP) is 2.62. The van der Waals surface area contributed by atoms with E-state index in [2.05, 4.69) is 20.9 Å². The molecule has 0 saturated heterocycles. The van der Waals surface area contributed by atoms with E-state index in [1.165, 1.54) is 11.6 Å². The van der Waals surface area contributed by atoms with E-state index >= 15 is 0 Å². The number of nitrogens with zero attached hydrogens (tertiary/aromatic N) is 6. The first-order valence-corrected chi connectivity index (χ1v) is 10.5. The van der Waals surface area contributed by atoms with Gasteiger partial charge in [0.1, 0.15) is 0 Å². The molecule has 1 aliphatic heterocycles. The molecule has 2 aromatic heterocycles. The van der Waals surface area contributed by atoms with E-state index in [1.54, 1.807) is 12.1 Å². The highest BCUT2D eigenvalue weighted by Gasteiger charge is 2.27. The Balaban J connectivity index is 1.73. The summed E-state index contributed by atoms with van der Waals surface area (Å²) >= 11 is 3.47. The molecule has 0 radical (unpaired) electrons. The maximum absolute atomic E-state index is 13.0. The minimum absolute atomic E-state index is 0.355. The van der Waals surface area contributed by atoms with E-state index in [0.717, 1.165) is 25.9 Å². The van der Waals surface area contributed by atoms with Gasteiger partial charge in [0.05, 0.1) is 18.8 Å². The van der Waals surface area contributed by atoms with Crippen LogP contribution < -0.4 is 16.3 Å². The van der Waals surface area contributed by atoms with Crippen LogP contribution >= 0.6 is 15.9 Å². The van der Waals surface area contributed by atoms with Gasteiger partial charge in [-0.15, -0.1) is 0 Å². The lowest BCUT2D eigenvalue weighted by molar-refractivity contribution is 0.699. The van der Waals surface area contributed by atoms with Gasteiger partial charge in [0.15, 0.2) is 11.2 Å². The van der Waals surface area contributed by atoms with Gasteiger partial charge in [-0.1, -0.05) is 58.4 Å². The van der Waals surface area contributed by atoms with Gasteiger partial charge in [-0.2, -0.15) is 10.1 Å². The van der Waals surface area contributed by atoms with E-state index in [1.807, 2.05) is 59.2 Å². The summed E-state index contributed by atoms with van der Waals surface area (Å²) in [5, 5.41) is 6.66. The van der Waals surface area contributed by atoms with Crippen molar-refractivity contribution in [3.63, 3.8) is 0 Å². The van der Waals surface area contributed by atoms with Crippen LogP contribution in [0.25, 0.3) is 11.2 Å². The van der Waals surface area contributed by atoms with Crippen molar-refractivity contribution in [1.29, 1.82) is 0 Å². The average Bonchev–Trinajstić information content (AvgIpc) is 3.17. The largest absolute Gasteiger partial charge is 0.332 e. The minimum Gasteiger partial charge on any atom is -0.297 e. The first-order valence-electron chi connectivity index (χ1n) is 9.75.